The maximum Gasteiger partial charge on any atom is 0.407 e. The molecule has 1 aliphatic carbocycles. The van der Waals surface area contributed by atoms with Gasteiger partial charge < -0.3 is 20.7 Å². The van der Waals surface area contributed by atoms with E-state index in [9.17, 15) is 9.59 Å². The minimum Gasteiger partial charge on any atom is -0.444 e. The van der Waals surface area contributed by atoms with Crippen molar-refractivity contribution in [3.05, 3.63) is 18.5 Å². The van der Waals surface area contributed by atoms with Gasteiger partial charge in [0.1, 0.15) is 5.60 Å². The first kappa shape index (κ1) is 22.9. The fourth-order valence-corrected chi connectivity index (χ4v) is 3.45. The van der Waals surface area contributed by atoms with Gasteiger partial charge in [0.2, 0.25) is 11.9 Å². The van der Waals surface area contributed by atoms with Crippen LogP contribution in [0, 0.1) is 5.92 Å². The Morgan fingerprint density at radius 2 is 1.76 bits per heavy atom. The van der Waals surface area contributed by atoms with Gasteiger partial charge >= 0.3 is 6.09 Å². The van der Waals surface area contributed by atoms with E-state index in [1.54, 1.807) is 18.5 Å². The van der Waals surface area contributed by atoms with Crippen molar-refractivity contribution in [1.82, 2.24) is 20.6 Å². The first-order chi connectivity index (χ1) is 13.8. The summed E-state index contributed by atoms with van der Waals surface area (Å²) in [4.78, 5) is 33.3. The summed E-state index contributed by atoms with van der Waals surface area (Å²) in [7, 11) is 0. The van der Waals surface area contributed by atoms with Gasteiger partial charge in [0.05, 0.1) is 5.92 Å². The molecule has 0 spiro atoms. The lowest BCUT2D eigenvalue weighted by Crippen LogP contribution is -2.48. The number of hydrogen-bond acceptors (Lipinski definition) is 6. The van der Waals surface area contributed by atoms with Gasteiger partial charge in [-0.2, -0.15) is 0 Å². The van der Waals surface area contributed by atoms with Gasteiger partial charge in [0, 0.05) is 31.5 Å². The van der Waals surface area contributed by atoms with Crippen LogP contribution in [0.1, 0.15) is 65.7 Å². The average Bonchev–Trinajstić information content (AvgIpc) is 2.63. The van der Waals surface area contributed by atoms with Gasteiger partial charge in [0.25, 0.3) is 0 Å². The summed E-state index contributed by atoms with van der Waals surface area (Å²) in [6.07, 6.45) is 9.52. The summed E-state index contributed by atoms with van der Waals surface area (Å²) in [5.74, 6) is 0.359. The third-order valence-electron chi connectivity index (χ3n) is 4.81. The molecular weight excluding hydrogens is 370 g/mol. The van der Waals surface area contributed by atoms with Crippen LogP contribution in [-0.2, 0) is 9.53 Å². The number of anilines is 1. The Morgan fingerprint density at radius 1 is 1.07 bits per heavy atom. The quantitative estimate of drug-likeness (QED) is 0.601. The third kappa shape index (κ3) is 9.11. The predicted molar refractivity (Wildman–Crippen MR) is 112 cm³/mol. The van der Waals surface area contributed by atoms with E-state index in [0.717, 1.165) is 44.9 Å². The Bertz CT molecular complexity index is 633. The molecule has 0 aliphatic heterocycles. The molecule has 3 N–H and O–H groups in total. The molecule has 0 saturated heterocycles. The molecule has 8 heteroatoms. The van der Waals surface area contributed by atoms with Crippen molar-refractivity contribution in [2.45, 2.75) is 77.4 Å². The van der Waals surface area contributed by atoms with Crippen molar-refractivity contribution in [3.63, 3.8) is 0 Å². The summed E-state index contributed by atoms with van der Waals surface area (Å²) >= 11 is 0. The summed E-state index contributed by atoms with van der Waals surface area (Å²) < 4.78 is 5.39. The van der Waals surface area contributed by atoms with E-state index in [2.05, 4.69) is 25.9 Å². The van der Waals surface area contributed by atoms with Gasteiger partial charge in [-0.05, 0) is 46.1 Å². The molecule has 2 atom stereocenters. The number of ether oxygens (including phenoxy) is 1. The van der Waals surface area contributed by atoms with Gasteiger partial charge in [0.15, 0.2) is 0 Å². The molecule has 1 aromatic heterocycles. The Morgan fingerprint density at radius 3 is 2.45 bits per heavy atom. The van der Waals surface area contributed by atoms with Crippen LogP contribution in [0.3, 0.4) is 0 Å². The van der Waals surface area contributed by atoms with Crippen LogP contribution in [0.25, 0.3) is 0 Å². The third-order valence-corrected chi connectivity index (χ3v) is 4.81. The lowest BCUT2D eigenvalue weighted by molar-refractivity contribution is -0.126. The number of alkyl carbamates (subject to hydrolysis) is 1. The number of hydrogen-bond donors (Lipinski definition) is 3. The van der Waals surface area contributed by atoms with Crippen molar-refractivity contribution >= 4 is 17.9 Å². The largest absolute Gasteiger partial charge is 0.444 e. The number of nitrogens with one attached hydrogen (secondary N) is 3. The molecular formula is C21H35N5O3. The molecule has 0 radical (unpaired) electrons. The zero-order valence-electron chi connectivity index (χ0n) is 17.9. The van der Waals surface area contributed by atoms with Crippen LogP contribution in [-0.4, -0.2) is 46.7 Å². The monoisotopic (exact) mass is 405 g/mol. The van der Waals surface area contributed by atoms with Crippen LogP contribution in [0.15, 0.2) is 18.5 Å². The number of aromatic nitrogens is 2. The molecule has 162 valence electrons. The number of rotatable bonds is 7. The topological polar surface area (TPSA) is 105 Å². The maximum absolute atomic E-state index is 12.8. The number of carbonyl (C=O) groups is 2. The zero-order chi connectivity index (χ0) is 21.1. The molecule has 0 aromatic carbocycles. The van der Waals surface area contributed by atoms with Crippen molar-refractivity contribution in [3.8, 4) is 0 Å². The van der Waals surface area contributed by atoms with Crippen molar-refractivity contribution < 1.29 is 14.3 Å². The van der Waals surface area contributed by atoms with E-state index in [1.807, 2.05) is 20.8 Å². The molecule has 1 aliphatic rings. The van der Waals surface area contributed by atoms with Gasteiger partial charge in [-0.15, -0.1) is 0 Å². The lowest BCUT2D eigenvalue weighted by atomic mass is 9.86. The summed E-state index contributed by atoms with van der Waals surface area (Å²) in [5, 5.41) is 9.10. The second kappa shape index (κ2) is 11.6. The maximum atomic E-state index is 12.8. The van der Waals surface area contributed by atoms with E-state index in [4.69, 9.17) is 4.74 Å². The van der Waals surface area contributed by atoms with Crippen LogP contribution < -0.4 is 16.0 Å². The highest BCUT2D eigenvalue weighted by atomic mass is 16.6. The molecule has 1 fully saturated rings. The SMILES string of the molecule is CC(C)(C)OC(=O)N[C@H]1CCCCCC[C@H]1C(=O)NCCCNc1ncccn1. The zero-order valence-corrected chi connectivity index (χ0v) is 17.9. The van der Waals surface area contributed by atoms with E-state index in [-0.39, 0.29) is 17.9 Å². The van der Waals surface area contributed by atoms with Crippen LogP contribution in [0.5, 0.6) is 0 Å². The van der Waals surface area contributed by atoms with Crippen LogP contribution in [0.4, 0.5) is 10.7 Å². The van der Waals surface area contributed by atoms with E-state index < -0.39 is 11.7 Å². The highest BCUT2D eigenvalue weighted by molar-refractivity contribution is 5.80. The second-order valence-electron chi connectivity index (χ2n) is 8.49. The number of amides is 2. The Labute approximate surface area is 173 Å². The van der Waals surface area contributed by atoms with Crippen molar-refractivity contribution in [2.24, 2.45) is 5.92 Å². The van der Waals surface area contributed by atoms with Gasteiger partial charge in [-0.25, -0.2) is 14.8 Å². The van der Waals surface area contributed by atoms with Crippen LogP contribution >= 0.6 is 0 Å². The first-order valence-electron chi connectivity index (χ1n) is 10.6. The van der Waals surface area contributed by atoms with Crippen molar-refractivity contribution in [2.75, 3.05) is 18.4 Å². The fourth-order valence-electron chi connectivity index (χ4n) is 3.45. The molecule has 1 saturated carbocycles. The lowest BCUT2D eigenvalue weighted by Gasteiger charge is -2.30. The summed E-state index contributed by atoms with van der Waals surface area (Å²) in [5.41, 5.74) is -0.557. The number of nitrogens with zero attached hydrogens (tertiary/aromatic N) is 2. The highest BCUT2D eigenvalue weighted by Gasteiger charge is 2.31. The smallest absolute Gasteiger partial charge is 0.407 e. The minimum atomic E-state index is -0.557. The van der Waals surface area contributed by atoms with Gasteiger partial charge in [-0.3, -0.25) is 4.79 Å². The number of carbonyl (C=O) groups excluding carboxylic acids is 2. The Kier molecular flexibility index (Phi) is 9.15. The predicted octanol–water partition coefficient (Wildman–Crippen LogP) is 3.26. The standard InChI is InChI=1S/C21H35N5O3/c1-21(2,3)29-20(28)26-17-11-7-5-4-6-10-16(17)18(27)22-12-8-13-23-19-24-14-9-15-25-19/h9,14-17H,4-8,10-13H2,1-3H3,(H,22,27)(H,26,28)(H,23,24,25)/t16-,17+/m1/s1. The minimum absolute atomic E-state index is 0.00363. The molecule has 0 bridgehead atoms. The van der Waals surface area contributed by atoms with E-state index in [0.29, 0.717) is 19.0 Å². The molecule has 29 heavy (non-hydrogen) atoms. The summed E-state index contributed by atoms with van der Waals surface area (Å²) in [6, 6.07) is 1.57. The molecule has 2 rings (SSSR count). The molecule has 1 aromatic rings. The van der Waals surface area contributed by atoms with Crippen molar-refractivity contribution in [1.29, 1.82) is 0 Å². The van der Waals surface area contributed by atoms with E-state index in [1.165, 1.54) is 0 Å². The van der Waals surface area contributed by atoms with Crippen LogP contribution in [0.2, 0.25) is 0 Å². The first-order valence-corrected chi connectivity index (χ1v) is 10.6. The molecule has 8 nitrogen and oxygen atoms in total. The second-order valence-corrected chi connectivity index (χ2v) is 8.49. The molecule has 2 amide bonds. The van der Waals surface area contributed by atoms with Gasteiger partial charge in [-0.1, -0.05) is 25.7 Å². The average molecular weight is 406 g/mol. The Balaban J connectivity index is 1.81. The molecule has 0 unspecified atom stereocenters. The van der Waals surface area contributed by atoms with E-state index >= 15 is 0 Å². The normalized spacial score (nSPS) is 20.1. The Hall–Kier alpha value is -2.38. The molecule has 1 heterocycles. The summed E-state index contributed by atoms with van der Waals surface area (Å²) in [6.45, 7) is 6.75. The highest BCUT2D eigenvalue weighted by Crippen LogP contribution is 2.24. The fraction of sp³-hybridized carbons (Fsp3) is 0.714.